The van der Waals surface area contributed by atoms with E-state index in [1.54, 1.807) is 18.3 Å². The minimum atomic E-state index is -0.573. The van der Waals surface area contributed by atoms with Gasteiger partial charge in [-0.1, -0.05) is 0 Å². The van der Waals surface area contributed by atoms with Gasteiger partial charge in [0.2, 0.25) is 5.91 Å². The Bertz CT molecular complexity index is 681. The van der Waals surface area contributed by atoms with Gasteiger partial charge in [0.05, 0.1) is 23.8 Å². The molecule has 0 unspecified atom stereocenters. The molecule has 0 spiro atoms. The van der Waals surface area contributed by atoms with Crippen LogP contribution in [-0.2, 0) is 11.3 Å². The van der Waals surface area contributed by atoms with Gasteiger partial charge in [0.1, 0.15) is 18.0 Å². The number of carbonyl (C=O) groups is 1. The molecule has 0 aliphatic heterocycles. The van der Waals surface area contributed by atoms with Gasteiger partial charge in [-0.15, -0.1) is 0 Å². The number of benzene rings is 1. The summed E-state index contributed by atoms with van der Waals surface area (Å²) in [5.41, 5.74) is 0.687. The number of aromatic nitrogens is 2. The van der Waals surface area contributed by atoms with Gasteiger partial charge < -0.3 is 10.1 Å². The van der Waals surface area contributed by atoms with Crippen LogP contribution < -0.4 is 10.1 Å². The van der Waals surface area contributed by atoms with Gasteiger partial charge in [0.25, 0.3) is 5.69 Å². The Hall–Kier alpha value is -2.90. The lowest BCUT2D eigenvalue weighted by molar-refractivity contribution is -0.384. The standard InChI is InChI=1S/C13H14N4O4/c1-9-5-6-16(15-9)8-13(18)14-11-4-3-10(21-2)7-12(11)17(19)20/h3-7H,8H2,1-2H3,(H,14,18). The molecule has 0 aliphatic carbocycles. The van der Waals surface area contributed by atoms with Crippen LogP contribution in [0.4, 0.5) is 11.4 Å². The monoisotopic (exact) mass is 290 g/mol. The van der Waals surface area contributed by atoms with E-state index in [0.717, 1.165) is 5.69 Å². The molecule has 0 bridgehead atoms. The lowest BCUT2D eigenvalue weighted by Gasteiger charge is -2.07. The van der Waals surface area contributed by atoms with Crippen LogP contribution in [-0.4, -0.2) is 27.7 Å². The average Bonchev–Trinajstić information content (AvgIpc) is 2.84. The predicted octanol–water partition coefficient (Wildman–Crippen LogP) is 1.75. The SMILES string of the molecule is COc1ccc(NC(=O)Cn2ccc(C)n2)c([N+](=O)[O-])c1. The van der Waals surface area contributed by atoms with Crippen LogP contribution in [0.2, 0.25) is 0 Å². The number of ether oxygens (including phenoxy) is 1. The van der Waals surface area contributed by atoms with Crippen molar-refractivity contribution in [3.8, 4) is 5.75 Å². The number of carbonyl (C=O) groups excluding carboxylic acids is 1. The summed E-state index contributed by atoms with van der Waals surface area (Å²) in [5.74, 6) is -0.0474. The molecule has 21 heavy (non-hydrogen) atoms. The Morgan fingerprint density at radius 3 is 2.81 bits per heavy atom. The molecule has 8 heteroatoms. The molecule has 0 saturated carbocycles. The van der Waals surface area contributed by atoms with E-state index in [1.807, 2.05) is 6.92 Å². The Morgan fingerprint density at radius 2 is 2.24 bits per heavy atom. The summed E-state index contributed by atoms with van der Waals surface area (Å²) in [6, 6.07) is 6.00. The number of hydrogen-bond donors (Lipinski definition) is 1. The maximum Gasteiger partial charge on any atom is 0.296 e. The highest BCUT2D eigenvalue weighted by atomic mass is 16.6. The zero-order valence-corrected chi connectivity index (χ0v) is 11.6. The fourth-order valence-electron chi connectivity index (χ4n) is 1.78. The molecule has 8 nitrogen and oxygen atoms in total. The van der Waals surface area contributed by atoms with E-state index < -0.39 is 10.8 Å². The number of anilines is 1. The topological polar surface area (TPSA) is 99.3 Å². The van der Waals surface area contributed by atoms with E-state index in [0.29, 0.717) is 5.75 Å². The highest BCUT2D eigenvalue weighted by molar-refractivity contribution is 5.93. The summed E-state index contributed by atoms with van der Waals surface area (Å²) in [5, 5.41) is 17.6. The largest absolute Gasteiger partial charge is 0.496 e. The highest BCUT2D eigenvalue weighted by Crippen LogP contribution is 2.28. The third-order valence-corrected chi connectivity index (χ3v) is 2.76. The fourth-order valence-corrected chi connectivity index (χ4v) is 1.78. The van der Waals surface area contributed by atoms with Gasteiger partial charge in [-0.25, -0.2) is 0 Å². The van der Waals surface area contributed by atoms with Gasteiger partial charge in [0.15, 0.2) is 0 Å². The fraction of sp³-hybridized carbons (Fsp3) is 0.231. The molecule has 0 aliphatic rings. The minimum Gasteiger partial charge on any atom is -0.496 e. The van der Waals surface area contributed by atoms with Crippen LogP contribution in [0.5, 0.6) is 5.75 Å². The second-order valence-corrected chi connectivity index (χ2v) is 4.34. The number of nitrogens with one attached hydrogen (secondary N) is 1. The first-order valence-electron chi connectivity index (χ1n) is 6.12. The van der Waals surface area contributed by atoms with Crippen molar-refractivity contribution in [2.75, 3.05) is 12.4 Å². The number of nitrogens with zero attached hydrogens (tertiary/aromatic N) is 3. The van der Waals surface area contributed by atoms with Crippen molar-refractivity contribution in [1.29, 1.82) is 0 Å². The molecule has 1 heterocycles. The summed E-state index contributed by atoms with van der Waals surface area (Å²) < 4.78 is 6.39. The van der Waals surface area contributed by atoms with Crippen molar-refractivity contribution in [1.82, 2.24) is 9.78 Å². The highest BCUT2D eigenvalue weighted by Gasteiger charge is 2.17. The van der Waals surface area contributed by atoms with Gasteiger partial charge in [-0.2, -0.15) is 5.10 Å². The zero-order valence-electron chi connectivity index (χ0n) is 11.6. The second kappa shape index (κ2) is 6.04. The van der Waals surface area contributed by atoms with Crippen molar-refractivity contribution < 1.29 is 14.5 Å². The Morgan fingerprint density at radius 1 is 1.48 bits per heavy atom. The zero-order chi connectivity index (χ0) is 15.4. The Balaban J connectivity index is 2.14. The summed E-state index contributed by atoms with van der Waals surface area (Å²) in [4.78, 5) is 22.3. The molecule has 2 rings (SSSR count). The van der Waals surface area contributed by atoms with Crippen molar-refractivity contribution in [2.24, 2.45) is 0 Å². The molecule has 0 atom stereocenters. The Kier molecular flexibility index (Phi) is 4.17. The lowest BCUT2D eigenvalue weighted by atomic mass is 10.2. The third kappa shape index (κ3) is 3.56. The van der Waals surface area contributed by atoms with Crippen LogP contribution in [0.1, 0.15) is 5.69 Å². The average molecular weight is 290 g/mol. The van der Waals surface area contributed by atoms with E-state index in [9.17, 15) is 14.9 Å². The summed E-state index contributed by atoms with van der Waals surface area (Å²) in [7, 11) is 1.41. The minimum absolute atomic E-state index is 0.0168. The first-order valence-corrected chi connectivity index (χ1v) is 6.12. The number of amides is 1. The maximum atomic E-state index is 11.9. The van der Waals surface area contributed by atoms with E-state index in [4.69, 9.17) is 4.74 Å². The van der Waals surface area contributed by atoms with Crippen molar-refractivity contribution in [2.45, 2.75) is 13.5 Å². The van der Waals surface area contributed by atoms with E-state index in [-0.39, 0.29) is 17.9 Å². The number of rotatable bonds is 5. The quantitative estimate of drug-likeness (QED) is 0.668. The van der Waals surface area contributed by atoms with Crippen LogP contribution in [0, 0.1) is 17.0 Å². The van der Waals surface area contributed by atoms with Gasteiger partial charge in [-0.05, 0) is 25.1 Å². The number of nitro benzene ring substituents is 1. The summed E-state index contributed by atoms with van der Waals surface area (Å²) >= 11 is 0. The van der Waals surface area contributed by atoms with Gasteiger partial charge in [0, 0.05) is 6.20 Å². The first-order chi connectivity index (χ1) is 9.99. The van der Waals surface area contributed by atoms with Crippen molar-refractivity contribution >= 4 is 17.3 Å². The van der Waals surface area contributed by atoms with Crippen molar-refractivity contribution in [3.63, 3.8) is 0 Å². The molecule has 1 N–H and O–H groups in total. The molecule has 1 aromatic heterocycles. The molecule has 0 saturated heterocycles. The number of methoxy groups -OCH3 is 1. The van der Waals surface area contributed by atoms with E-state index >= 15 is 0 Å². The normalized spacial score (nSPS) is 10.2. The smallest absolute Gasteiger partial charge is 0.296 e. The Labute approximate surface area is 120 Å². The summed E-state index contributed by atoms with van der Waals surface area (Å²) in [6.45, 7) is 1.79. The number of aryl methyl sites for hydroxylation is 1. The molecular formula is C13H14N4O4. The maximum absolute atomic E-state index is 11.9. The molecule has 2 aromatic rings. The van der Waals surface area contributed by atoms with E-state index in [1.165, 1.54) is 23.9 Å². The molecular weight excluding hydrogens is 276 g/mol. The predicted molar refractivity (Wildman–Crippen MR) is 75.2 cm³/mol. The second-order valence-electron chi connectivity index (χ2n) is 4.34. The first kappa shape index (κ1) is 14.5. The van der Waals surface area contributed by atoms with Crippen LogP contribution in [0.15, 0.2) is 30.5 Å². The lowest BCUT2D eigenvalue weighted by Crippen LogP contribution is -2.19. The molecule has 1 amide bonds. The van der Waals surface area contributed by atoms with Gasteiger partial charge in [-0.3, -0.25) is 19.6 Å². The molecule has 110 valence electrons. The van der Waals surface area contributed by atoms with Crippen LogP contribution in [0.25, 0.3) is 0 Å². The number of nitro groups is 1. The number of hydrogen-bond acceptors (Lipinski definition) is 5. The van der Waals surface area contributed by atoms with Crippen LogP contribution >= 0.6 is 0 Å². The van der Waals surface area contributed by atoms with Gasteiger partial charge >= 0.3 is 0 Å². The van der Waals surface area contributed by atoms with E-state index in [2.05, 4.69) is 10.4 Å². The molecule has 1 aromatic carbocycles. The van der Waals surface area contributed by atoms with Crippen LogP contribution in [0.3, 0.4) is 0 Å². The molecule has 0 radical (unpaired) electrons. The molecule has 0 fully saturated rings. The summed E-state index contributed by atoms with van der Waals surface area (Å²) in [6.07, 6.45) is 1.66. The third-order valence-electron chi connectivity index (χ3n) is 2.76. The van der Waals surface area contributed by atoms with Crippen molar-refractivity contribution in [3.05, 3.63) is 46.3 Å².